The Labute approximate surface area is 222 Å². The smallest absolute Gasteiger partial charge is 0.250 e. The summed E-state index contributed by atoms with van der Waals surface area (Å²) in [5.74, 6) is 0.884. The number of pyridine rings is 1. The lowest BCUT2D eigenvalue weighted by molar-refractivity contribution is -0.115. The van der Waals surface area contributed by atoms with E-state index in [2.05, 4.69) is 11.0 Å². The number of thiocarbonyl (C=S) groups is 1. The number of aromatic nitrogens is 1. The molecule has 2 aromatic carbocycles. The van der Waals surface area contributed by atoms with Crippen molar-refractivity contribution in [1.29, 1.82) is 0 Å². The van der Waals surface area contributed by atoms with Crippen LogP contribution in [0.5, 0.6) is 0 Å². The van der Waals surface area contributed by atoms with E-state index in [1.165, 1.54) is 11.8 Å². The molecule has 1 saturated heterocycles. The lowest BCUT2D eigenvalue weighted by atomic mass is 9.83. The maximum Gasteiger partial charge on any atom is 0.250 e. The molecule has 2 bridgehead atoms. The van der Waals surface area contributed by atoms with E-state index >= 15 is 0 Å². The number of carbonyl (C=O) groups is 1. The predicted octanol–water partition coefficient (Wildman–Crippen LogP) is 5.77. The van der Waals surface area contributed by atoms with Crippen LogP contribution in [-0.2, 0) is 11.3 Å². The van der Waals surface area contributed by atoms with E-state index in [1.54, 1.807) is 22.7 Å². The molecular weight excluding hydrogens is 518 g/mol. The molecule has 2 atom stereocenters. The summed E-state index contributed by atoms with van der Waals surface area (Å²) < 4.78 is 2.66. The molecule has 3 aliphatic rings. The van der Waals surface area contributed by atoms with Crippen LogP contribution in [0, 0.1) is 5.92 Å². The van der Waals surface area contributed by atoms with Gasteiger partial charge in [-0.05, 0) is 48.7 Å². The molecular formula is C26H22ClN3O2S3. The van der Waals surface area contributed by atoms with Gasteiger partial charge in [0.25, 0.3) is 5.56 Å². The van der Waals surface area contributed by atoms with E-state index in [0.29, 0.717) is 10.9 Å². The van der Waals surface area contributed by atoms with Crippen molar-refractivity contribution < 1.29 is 4.79 Å². The fourth-order valence-electron chi connectivity index (χ4n) is 5.32. The molecule has 5 nitrogen and oxygen atoms in total. The number of nitrogens with zero attached hydrogens (tertiary/aromatic N) is 3. The second kappa shape index (κ2) is 9.32. The molecule has 0 spiro atoms. The van der Waals surface area contributed by atoms with Crippen LogP contribution in [0.2, 0.25) is 5.02 Å². The third-order valence-corrected chi connectivity index (χ3v) is 9.67. The molecule has 3 aromatic rings. The zero-order chi connectivity index (χ0) is 24.1. The molecule has 0 radical (unpaired) electrons. The second-order valence-electron chi connectivity index (χ2n) is 9.07. The molecule has 4 heterocycles. The van der Waals surface area contributed by atoms with E-state index in [1.807, 2.05) is 53.1 Å². The lowest BCUT2D eigenvalue weighted by Gasteiger charge is -2.43. The number of piperidine rings is 1. The maximum absolute atomic E-state index is 13.6. The fraction of sp³-hybridized carbons (Fsp3) is 0.269. The number of benzene rings is 2. The summed E-state index contributed by atoms with van der Waals surface area (Å²) in [7, 11) is 0. The number of rotatable bonds is 2. The first-order valence-electron chi connectivity index (χ1n) is 11.5. The molecule has 0 N–H and O–H groups in total. The van der Waals surface area contributed by atoms with Gasteiger partial charge < -0.3 is 9.47 Å². The average Bonchev–Trinajstić information content (AvgIpc) is 2.86. The molecule has 9 heteroatoms. The number of likely N-dealkylation sites (tertiary alicyclic amines) is 1. The van der Waals surface area contributed by atoms with Crippen LogP contribution >= 0.6 is 47.3 Å². The lowest BCUT2D eigenvalue weighted by Crippen LogP contribution is -2.48. The minimum atomic E-state index is -0.0253. The highest BCUT2D eigenvalue weighted by Gasteiger charge is 2.36. The van der Waals surface area contributed by atoms with Crippen molar-refractivity contribution in [2.45, 2.75) is 28.7 Å². The summed E-state index contributed by atoms with van der Waals surface area (Å²) in [6.45, 7) is 2.33. The molecule has 0 saturated carbocycles. The van der Waals surface area contributed by atoms with Gasteiger partial charge in [-0.3, -0.25) is 14.5 Å². The first kappa shape index (κ1) is 23.2. The van der Waals surface area contributed by atoms with Crippen LogP contribution in [0.3, 0.4) is 0 Å². The summed E-state index contributed by atoms with van der Waals surface area (Å²) in [4.78, 5) is 31.9. The van der Waals surface area contributed by atoms with Gasteiger partial charge in [0.2, 0.25) is 5.91 Å². The van der Waals surface area contributed by atoms with Crippen molar-refractivity contribution in [3.8, 4) is 0 Å². The number of fused-ring (bicyclic) bond motifs is 6. The predicted molar refractivity (Wildman–Crippen MR) is 147 cm³/mol. The molecule has 35 heavy (non-hydrogen) atoms. The number of carbonyl (C=O) groups excluding carboxylic acids is 1. The molecule has 0 aliphatic carbocycles. The second-order valence-corrected chi connectivity index (χ2v) is 12.2. The van der Waals surface area contributed by atoms with Crippen molar-refractivity contribution in [2.75, 3.05) is 23.7 Å². The highest BCUT2D eigenvalue weighted by atomic mass is 35.5. The Morgan fingerprint density at radius 2 is 1.86 bits per heavy atom. The van der Waals surface area contributed by atoms with Crippen molar-refractivity contribution in [3.63, 3.8) is 0 Å². The standard InChI is InChI=1S/C26H22ClN3O2S3/c27-18-8-9-23-21(11-18)30(20-4-1-2-6-22(20)35-23)25(32)15-34-26(33)28-12-16-10-17(14-28)19-5-3-7-24(31)29(19)13-16/h1-9,11,16-17H,10,12-15H2. The van der Waals surface area contributed by atoms with Crippen molar-refractivity contribution in [3.05, 3.63) is 81.7 Å². The van der Waals surface area contributed by atoms with Crippen LogP contribution in [-0.4, -0.2) is 38.5 Å². The van der Waals surface area contributed by atoms with Gasteiger partial charge in [0.05, 0.1) is 17.1 Å². The summed E-state index contributed by atoms with van der Waals surface area (Å²) >= 11 is 15.2. The Bertz CT molecular complexity index is 1410. The first-order valence-corrected chi connectivity index (χ1v) is 14.1. The fourth-order valence-corrected chi connectivity index (χ4v) is 7.56. The number of thioether (sulfide) groups is 1. The zero-order valence-corrected chi connectivity index (χ0v) is 21.9. The van der Waals surface area contributed by atoms with E-state index in [4.69, 9.17) is 23.8 Å². The maximum atomic E-state index is 13.6. The zero-order valence-electron chi connectivity index (χ0n) is 18.7. The molecule has 178 valence electrons. The van der Waals surface area contributed by atoms with Gasteiger partial charge in [-0.15, -0.1) is 0 Å². The molecule has 1 fully saturated rings. The topological polar surface area (TPSA) is 45.6 Å². The van der Waals surface area contributed by atoms with Crippen LogP contribution in [0.1, 0.15) is 18.0 Å². The van der Waals surface area contributed by atoms with Gasteiger partial charge in [-0.25, -0.2) is 0 Å². The Morgan fingerprint density at radius 1 is 1.03 bits per heavy atom. The average molecular weight is 540 g/mol. The quantitative estimate of drug-likeness (QED) is 0.385. The van der Waals surface area contributed by atoms with Crippen molar-refractivity contribution in [1.82, 2.24) is 9.47 Å². The Hall–Kier alpha value is -2.26. The van der Waals surface area contributed by atoms with Gasteiger partial charge in [0.15, 0.2) is 0 Å². The SMILES string of the molecule is O=C(CSC(=S)N1CC2CC(C1)c1cccc(=O)n1C2)N1c2ccccc2Sc2ccc(Cl)cc21. The molecule has 3 aliphatic heterocycles. The van der Waals surface area contributed by atoms with E-state index in [0.717, 1.165) is 57.2 Å². The van der Waals surface area contributed by atoms with Crippen LogP contribution in [0.25, 0.3) is 0 Å². The normalized spacial score (nSPS) is 20.0. The summed E-state index contributed by atoms with van der Waals surface area (Å²) in [5.41, 5.74) is 2.86. The first-order chi connectivity index (χ1) is 17.0. The van der Waals surface area contributed by atoms with E-state index in [-0.39, 0.29) is 23.1 Å². The van der Waals surface area contributed by atoms with Crippen molar-refractivity contribution >= 4 is 68.9 Å². The van der Waals surface area contributed by atoms with Crippen LogP contribution in [0.4, 0.5) is 11.4 Å². The minimum absolute atomic E-state index is 0.0253. The van der Waals surface area contributed by atoms with Gasteiger partial charge in [-0.2, -0.15) is 0 Å². The minimum Gasteiger partial charge on any atom is -0.356 e. The largest absolute Gasteiger partial charge is 0.356 e. The summed E-state index contributed by atoms with van der Waals surface area (Å²) in [6.07, 6.45) is 1.08. The van der Waals surface area contributed by atoms with Crippen LogP contribution < -0.4 is 10.5 Å². The van der Waals surface area contributed by atoms with E-state index < -0.39 is 0 Å². The number of amides is 1. The molecule has 2 unspecified atom stereocenters. The molecule has 1 amide bonds. The highest BCUT2D eigenvalue weighted by molar-refractivity contribution is 8.23. The molecule has 6 rings (SSSR count). The van der Waals surface area contributed by atoms with Crippen LogP contribution in [0.15, 0.2) is 75.2 Å². The number of halogens is 1. The van der Waals surface area contributed by atoms with Gasteiger partial charge >= 0.3 is 0 Å². The van der Waals surface area contributed by atoms with Gasteiger partial charge in [0, 0.05) is 52.1 Å². The van der Waals surface area contributed by atoms with Gasteiger partial charge in [-0.1, -0.05) is 65.5 Å². The highest BCUT2D eigenvalue weighted by Crippen LogP contribution is 2.49. The van der Waals surface area contributed by atoms with Gasteiger partial charge in [0.1, 0.15) is 4.32 Å². The Morgan fingerprint density at radius 3 is 2.74 bits per heavy atom. The number of anilines is 2. The summed E-state index contributed by atoms with van der Waals surface area (Å²) in [5, 5.41) is 0.601. The number of hydrogen-bond donors (Lipinski definition) is 0. The number of hydrogen-bond acceptors (Lipinski definition) is 5. The third kappa shape index (κ3) is 4.31. The molecule has 1 aromatic heterocycles. The summed E-state index contributed by atoms with van der Waals surface area (Å²) in [6, 6.07) is 19.1. The third-order valence-electron chi connectivity index (χ3n) is 6.79. The Balaban J connectivity index is 1.19. The van der Waals surface area contributed by atoms with E-state index in [9.17, 15) is 9.59 Å². The number of para-hydroxylation sites is 1. The Kier molecular flexibility index (Phi) is 6.16. The monoisotopic (exact) mass is 539 g/mol. The van der Waals surface area contributed by atoms with Crippen molar-refractivity contribution in [2.24, 2.45) is 5.92 Å².